The van der Waals surface area contributed by atoms with Gasteiger partial charge in [-0.3, -0.25) is 4.79 Å². The molecule has 1 atom stereocenters. The summed E-state index contributed by atoms with van der Waals surface area (Å²) in [5.41, 5.74) is 1.21. The van der Waals surface area contributed by atoms with Gasteiger partial charge in [-0.15, -0.1) is 0 Å². The molecule has 1 saturated carbocycles. The molecule has 0 radical (unpaired) electrons. The average molecular weight is 180 g/mol. The number of ketones is 1. The maximum atomic E-state index is 11.3. The van der Waals surface area contributed by atoms with Gasteiger partial charge in [-0.2, -0.15) is 0 Å². The molecule has 0 heterocycles. The standard InChI is InChI=1S/C11H16O2/c12-8-11-5-1-3-9(11)7-10(13)4-2-6-11/h7,12H,1-6,8H2. The Kier molecular flexibility index (Phi) is 2.24. The summed E-state index contributed by atoms with van der Waals surface area (Å²) >= 11 is 0. The van der Waals surface area contributed by atoms with E-state index in [4.69, 9.17) is 0 Å². The summed E-state index contributed by atoms with van der Waals surface area (Å²) in [6.07, 6.45) is 7.65. The molecule has 2 rings (SSSR count). The van der Waals surface area contributed by atoms with E-state index in [9.17, 15) is 9.90 Å². The molecule has 0 amide bonds. The summed E-state index contributed by atoms with van der Waals surface area (Å²) in [7, 11) is 0. The number of hydrogen-bond acceptors (Lipinski definition) is 2. The topological polar surface area (TPSA) is 37.3 Å². The van der Waals surface area contributed by atoms with Crippen molar-refractivity contribution < 1.29 is 9.90 Å². The van der Waals surface area contributed by atoms with Gasteiger partial charge in [0, 0.05) is 11.8 Å². The minimum atomic E-state index is -0.00778. The first-order valence-corrected chi connectivity index (χ1v) is 5.12. The Labute approximate surface area is 78.6 Å². The van der Waals surface area contributed by atoms with Gasteiger partial charge in [-0.05, 0) is 38.2 Å². The van der Waals surface area contributed by atoms with Crippen LogP contribution in [0.5, 0.6) is 0 Å². The lowest BCUT2D eigenvalue weighted by Gasteiger charge is -2.27. The molecular formula is C11H16O2. The molecule has 2 aliphatic carbocycles. The van der Waals surface area contributed by atoms with E-state index < -0.39 is 0 Å². The first-order chi connectivity index (χ1) is 6.27. The third-order valence-corrected chi connectivity index (χ3v) is 3.50. The minimum absolute atomic E-state index is 0.00778. The molecule has 0 bridgehead atoms. The maximum Gasteiger partial charge on any atom is 0.155 e. The second-order valence-corrected chi connectivity index (χ2v) is 4.28. The van der Waals surface area contributed by atoms with E-state index >= 15 is 0 Å². The lowest BCUT2D eigenvalue weighted by atomic mass is 9.80. The normalized spacial score (nSPS) is 33.9. The molecule has 2 nitrogen and oxygen atoms in total. The number of fused-ring (bicyclic) bond motifs is 1. The minimum Gasteiger partial charge on any atom is -0.395 e. The molecule has 1 unspecified atom stereocenters. The zero-order valence-electron chi connectivity index (χ0n) is 7.88. The van der Waals surface area contributed by atoms with Crippen LogP contribution in [0, 0.1) is 5.41 Å². The predicted octanol–water partition coefficient (Wildman–Crippen LogP) is 1.83. The summed E-state index contributed by atoms with van der Waals surface area (Å²) < 4.78 is 0. The van der Waals surface area contributed by atoms with Crippen molar-refractivity contribution in [3.05, 3.63) is 11.6 Å². The van der Waals surface area contributed by atoms with Crippen LogP contribution >= 0.6 is 0 Å². The van der Waals surface area contributed by atoms with Crippen molar-refractivity contribution in [2.45, 2.75) is 38.5 Å². The molecule has 1 N–H and O–H groups in total. The third-order valence-electron chi connectivity index (χ3n) is 3.50. The van der Waals surface area contributed by atoms with Crippen molar-refractivity contribution in [3.63, 3.8) is 0 Å². The first-order valence-electron chi connectivity index (χ1n) is 5.12. The monoisotopic (exact) mass is 180 g/mol. The smallest absolute Gasteiger partial charge is 0.155 e. The van der Waals surface area contributed by atoms with E-state index in [2.05, 4.69) is 0 Å². The van der Waals surface area contributed by atoms with Gasteiger partial charge in [-0.25, -0.2) is 0 Å². The van der Waals surface area contributed by atoms with Crippen LogP contribution in [0.2, 0.25) is 0 Å². The van der Waals surface area contributed by atoms with E-state index in [-0.39, 0.29) is 17.8 Å². The molecule has 0 aliphatic heterocycles. The molecule has 0 saturated heterocycles. The fourth-order valence-corrected chi connectivity index (χ4v) is 2.68. The Balaban J connectivity index is 2.32. The molecule has 2 heteroatoms. The highest BCUT2D eigenvalue weighted by Crippen LogP contribution is 2.47. The quantitative estimate of drug-likeness (QED) is 0.668. The van der Waals surface area contributed by atoms with Crippen LogP contribution in [-0.4, -0.2) is 17.5 Å². The summed E-state index contributed by atoms with van der Waals surface area (Å²) in [6, 6.07) is 0. The highest BCUT2D eigenvalue weighted by molar-refractivity contribution is 5.90. The zero-order chi connectivity index (χ0) is 9.31. The van der Waals surface area contributed by atoms with Gasteiger partial charge in [0.05, 0.1) is 6.61 Å². The van der Waals surface area contributed by atoms with Crippen LogP contribution in [0.3, 0.4) is 0 Å². The van der Waals surface area contributed by atoms with Gasteiger partial charge in [-0.1, -0.05) is 5.57 Å². The van der Waals surface area contributed by atoms with Crippen LogP contribution in [0.4, 0.5) is 0 Å². The summed E-state index contributed by atoms with van der Waals surface area (Å²) in [5, 5.41) is 9.41. The fourth-order valence-electron chi connectivity index (χ4n) is 2.68. The zero-order valence-corrected chi connectivity index (χ0v) is 7.88. The van der Waals surface area contributed by atoms with Crippen molar-refractivity contribution in [1.29, 1.82) is 0 Å². The molecule has 72 valence electrons. The number of carbonyl (C=O) groups excluding carboxylic acids is 1. The molecule has 2 aliphatic rings. The van der Waals surface area contributed by atoms with E-state index in [0.29, 0.717) is 6.42 Å². The van der Waals surface area contributed by atoms with Gasteiger partial charge in [0.1, 0.15) is 0 Å². The Bertz CT molecular complexity index is 255. The van der Waals surface area contributed by atoms with Crippen molar-refractivity contribution in [2.75, 3.05) is 6.61 Å². The van der Waals surface area contributed by atoms with Crippen LogP contribution in [-0.2, 0) is 4.79 Å². The van der Waals surface area contributed by atoms with Crippen LogP contribution in [0.1, 0.15) is 38.5 Å². The summed E-state index contributed by atoms with van der Waals surface area (Å²) in [4.78, 5) is 11.3. The molecule has 13 heavy (non-hydrogen) atoms. The van der Waals surface area contributed by atoms with Crippen molar-refractivity contribution in [3.8, 4) is 0 Å². The van der Waals surface area contributed by atoms with Gasteiger partial charge < -0.3 is 5.11 Å². The Hall–Kier alpha value is -0.630. The molecular weight excluding hydrogens is 164 g/mol. The molecule has 1 fully saturated rings. The van der Waals surface area contributed by atoms with Crippen molar-refractivity contribution in [2.24, 2.45) is 5.41 Å². The van der Waals surface area contributed by atoms with E-state index in [1.165, 1.54) is 5.57 Å². The summed E-state index contributed by atoms with van der Waals surface area (Å²) in [5.74, 6) is 0.257. The van der Waals surface area contributed by atoms with Gasteiger partial charge in [0.15, 0.2) is 5.78 Å². The lowest BCUT2D eigenvalue weighted by Crippen LogP contribution is -2.22. The number of rotatable bonds is 1. The molecule has 0 aromatic carbocycles. The number of hydrogen-bond donors (Lipinski definition) is 1. The first kappa shape index (κ1) is 8.95. The van der Waals surface area contributed by atoms with E-state index in [1.54, 1.807) is 6.08 Å². The second-order valence-electron chi connectivity index (χ2n) is 4.28. The Morgan fingerprint density at radius 2 is 2.00 bits per heavy atom. The van der Waals surface area contributed by atoms with Gasteiger partial charge in [0.2, 0.25) is 0 Å². The Morgan fingerprint density at radius 3 is 2.69 bits per heavy atom. The Morgan fingerprint density at radius 1 is 1.31 bits per heavy atom. The van der Waals surface area contributed by atoms with E-state index in [1.807, 2.05) is 0 Å². The highest BCUT2D eigenvalue weighted by Gasteiger charge is 2.38. The second kappa shape index (κ2) is 3.26. The van der Waals surface area contributed by atoms with Crippen LogP contribution < -0.4 is 0 Å². The SMILES string of the molecule is O=C1C=C2CCCC2(CO)CCC1. The van der Waals surface area contributed by atoms with Crippen LogP contribution in [0.25, 0.3) is 0 Å². The lowest BCUT2D eigenvalue weighted by molar-refractivity contribution is -0.114. The molecule has 0 aromatic rings. The number of aliphatic hydroxyl groups excluding tert-OH is 1. The average Bonchev–Trinajstić information content (AvgIpc) is 2.43. The van der Waals surface area contributed by atoms with E-state index in [0.717, 1.165) is 32.1 Å². The molecule has 0 aromatic heterocycles. The maximum absolute atomic E-state index is 11.3. The summed E-state index contributed by atoms with van der Waals surface area (Å²) in [6.45, 7) is 0.228. The number of carbonyl (C=O) groups is 1. The van der Waals surface area contributed by atoms with Crippen LogP contribution in [0.15, 0.2) is 11.6 Å². The number of aliphatic hydroxyl groups is 1. The van der Waals surface area contributed by atoms with Crippen molar-refractivity contribution >= 4 is 5.78 Å². The fraction of sp³-hybridized carbons (Fsp3) is 0.727. The largest absolute Gasteiger partial charge is 0.395 e. The van der Waals surface area contributed by atoms with Gasteiger partial charge >= 0.3 is 0 Å². The van der Waals surface area contributed by atoms with Gasteiger partial charge in [0.25, 0.3) is 0 Å². The highest BCUT2D eigenvalue weighted by atomic mass is 16.3. The molecule has 0 spiro atoms. The third kappa shape index (κ3) is 1.44. The number of allylic oxidation sites excluding steroid dienone is 1. The van der Waals surface area contributed by atoms with Crippen molar-refractivity contribution in [1.82, 2.24) is 0 Å². The predicted molar refractivity (Wildman–Crippen MR) is 50.3 cm³/mol.